The van der Waals surface area contributed by atoms with E-state index in [-0.39, 0.29) is 5.82 Å². The highest BCUT2D eigenvalue weighted by atomic mass is 127. The Hall–Kier alpha value is -1.96. The normalized spacial score (nSPS) is 12.0. The van der Waals surface area contributed by atoms with Gasteiger partial charge in [-0.15, -0.1) is 0 Å². The van der Waals surface area contributed by atoms with Crippen molar-refractivity contribution in [2.45, 2.75) is 13.0 Å². The van der Waals surface area contributed by atoms with Gasteiger partial charge in [-0.2, -0.15) is 0 Å². The number of hydrogen-bond donors (Lipinski definition) is 4. The average molecular weight is 497 g/mol. The van der Waals surface area contributed by atoms with Crippen LogP contribution < -0.4 is 10.8 Å². The highest BCUT2D eigenvalue weighted by Gasteiger charge is 2.24. The monoisotopic (exact) mass is 497 g/mol. The largest absolute Gasteiger partial charge is 0.394 e. The molecule has 0 bridgehead atoms. The Balaban J connectivity index is 2.34. The number of aryl methyl sites for hydroxylation is 1. The fourth-order valence-electron chi connectivity index (χ4n) is 2.00. The zero-order valence-electron chi connectivity index (χ0n) is 13.9. The molecule has 4 N–H and O–H groups in total. The van der Waals surface area contributed by atoms with Gasteiger partial charge >= 0.3 is 0 Å². The predicted octanol–water partition coefficient (Wildman–Crippen LogP) is 2.17. The van der Waals surface area contributed by atoms with Crippen LogP contribution in [0.1, 0.15) is 15.9 Å². The molecule has 0 saturated carbocycles. The van der Waals surface area contributed by atoms with Crippen molar-refractivity contribution in [2.75, 3.05) is 18.5 Å². The van der Waals surface area contributed by atoms with Crippen LogP contribution in [0.5, 0.6) is 0 Å². The van der Waals surface area contributed by atoms with Gasteiger partial charge in [0.25, 0.3) is 5.91 Å². The number of aromatic nitrogens is 1. The van der Waals surface area contributed by atoms with Gasteiger partial charge in [-0.3, -0.25) is 9.63 Å². The highest BCUT2D eigenvalue weighted by Crippen LogP contribution is 2.29. The van der Waals surface area contributed by atoms with Crippen LogP contribution >= 0.6 is 22.6 Å². The number of aliphatic hydroxyl groups excluding tert-OH is 2. The van der Waals surface area contributed by atoms with Crippen molar-refractivity contribution in [1.82, 2.24) is 10.5 Å². The van der Waals surface area contributed by atoms with Crippen molar-refractivity contribution in [2.24, 2.45) is 0 Å². The molecule has 0 aliphatic rings. The van der Waals surface area contributed by atoms with Crippen LogP contribution in [0.25, 0.3) is 0 Å². The van der Waals surface area contributed by atoms with E-state index in [0.717, 1.165) is 3.57 Å². The third-order valence-corrected chi connectivity index (χ3v) is 3.94. The third kappa shape index (κ3) is 5.28. The minimum atomic E-state index is -1.76. The summed E-state index contributed by atoms with van der Waals surface area (Å²) in [7, 11) is 0. The van der Waals surface area contributed by atoms with Gasteiger partial charge in [-0.25, -0.2) is 23.6 Å². The number of aliphatic hydroxyl groups is 2. The Morgan fingerprint density at radius 1 is 1.33 bits per heavy atom. The molecule has 1 atom stereocenters. The maximum atomic E-state index is 14.3. The fourth-order valence-corrected chi connectivity index (χ4v) is 2.60. The summed E-state index contributed by atoms with van der Waals surface area (Å²) in [5.74, 6) is -5.87. The molecule has 0 radical (unpaired) electrons. The quantitative estimate of drug-likeness (QED) is 0.266. The molecule has 0 saturated heterocycles. The number of nitrogens with one attached hydrogen (secondary N) is 2. The molecule has 1 aromatic carbocycles. The topological polar surface area (TPSA) is 104 Å². The van der Waals surface area contributed by atoms with Crippen LogP contribution in [0.4, 0.5) is 24.7 Å². The van der Waals surface area contributed by atoms with Gasteiger partial charge in [-0.1, -0.05) is 0 Å². The predicted molar refractivity (Wildman–Crippen MR) is 97.8 cm³/mol. The summed E-state index contributed by atoms with van der Waals surface area (Å²) < 4.78 is 42.4. The Morgan fingerprint density at radius 3 is 2.67 bits per heavy atom. The highest BCUT2D eigenvalue weighted by molar-refractivity contribution is 14.1. The van der Waals surface area contributed by atoms with Gasteiger partial charge in [0.05, 0.1) is 17.9 Å². The van der Waals surface area contributed by atoms with Gasteiger partial charge in [-0.05, 0) is 47.2 Å². The van der Waals surface area contributed by atoms with E-state index in [4.69, 9.17) is 10.2 Å². The van der Waals surface area contributed by atoms with Gasteiger partial charge in [0.2, 0.25) is 0 Å². The Labute approximate surface area is 165 Å². The first kappa shape index (κ1) is 21.3. The van der Waals surface area contributed by atoms with Crippen LogP contribution in [0.2, 0.25) is 0 Å². The molecule has 1 heterocycles. The molecule has 27 heavy (non-hydrogen) atoms. The molecular formula is C16H15F3IN3O4. The maximum Gasteiger partial charge on any atom is 0.277 e. The molecule has 2 aromatic rings. The van der Waals surface area contributed by atoms with Crippen molar-refractivity contribution < 1.29 is 33.0 Å². The lowest BCUT2D eigenvalue weighted by Gasteiger charge is -2.15. The number of nitrogens with zero attached hydrogens (tertiary/aromatic N) is 1. The lowest BCUT2D eigenvalue weighted by Crippen LogP contribution is -2.30. The summed E-state index contributed by atoms with van der Waals surface area (Å²) >= 11 is 2.02. The molecule has 2 rings (SSSR count). The van der Waals surface area contributed by atoms with Crippen LogP contribution in [0.15, 0.2) is 18.3 Å². The van der Waals surface area contributed by atoms with Crippen LogP contribution in [0.3, 0.4) is 0 Å². The summed E-state index contributed by atoms with van der Waals surface area (Å²) in [5, 5.41) is 20.3. The summed E-state index contributed by atoms with van der Waals surface area (Å²) in [6.45, 7) is 0.587. The van der Waals surface area contributed by atoms with E-state index in [1.165, 1.54) is 6.20 Å². The van der Waals surface area contributed by atoms with Gasteiger partial charge in [0, 0.05) is 9.77 Å². The summed E-state index contributed by atoms with van der Waals surface area (Å²) in [6.07, 6.45) is 0.204. The first-order chi connectivity index (χ1) is 12.7. The smallest absolute Gasteiger partial charge is 0.277 e. The molecule has 146 valence electrons. The number of benzene rings is 1. The molecule has 0 unspecified atom stereocenters. The first-order valence-electron chi connectivity index (χ1n) is 7.52. The molecule has 0 aliphatic heterocycles. The molecule has 0 fully saturated rings. The number of hydrogen-bond acceptors (Lipinski definition) is 6. The lowest BCUT2D eigenvalue weighted by atomic mass is 10.1. The minimum Gasteiger partial charge on any atom is -0.394 e. The van der Waals surface area contributed by atoms with Gasteiger partial charge in [0.15, 0.2) is 17.5 Å². The third-order valence-electron chi connectivity index (χ3n) is 3.35. The Kier molecular flexibility index (Phi) is 7.35. The van der Waals surface area contributed by atoms with Crippen molar-refractivity contribution >= 4 is 40.0 Å². The Bertz CT molecular complexity index is 854. The standard InChI is InChI=1S/C16H15F3IN3O4/c1-7-2-8(20)4-21-15(7)22-14-10(3-11(17)12(18)13(14)19)16(26)23-27-6-9(25)5-24/h2-4,9,24-25H,5-6H2,1H3,(H,21,22)(H,23,26)/t9-/m1/s1. The number of halogens is 4. The molecule has 0 spiro atoms. The van der Waals surface area contributed by atoms with Crippen LogP contribution in [-0.4, -0.2) is 40.4 Å². The van der Waals surface area contributed by atoms with Crippen molar-refractivity contribution in [1.29, 1.82) is 0 Å². The molecule has 1 amide bonds. The molecule has 0 aliphatic carbocycles. The summed E-state index contributed by atoms with van der Waals surface area (Å²) in [6, 6.07) is 2.22. The molecular weight excluding hydrogens is 482 g/mol. The van der Waals surface area contributed by atoms with E-state index in [1.54, 1.807) is 13.0 Å². The van der Waals surface area contributed by atoms with E-state index in [1.807, 2.05) is 28.1 Å². The number of anilines is 2. The SMILES string of the molecule is Cc1cc(I)cnc1Nc1c(C(=O)NOC[C@H](O)CO)cc(F)c(F)c1F. The average Bonchev–Trinajstić information content (AvgIpc) is 2.63. The second-order valence-corrected chi connectivity index (χ2v) is 6.68. The number of rotatable bonds is 7. The first-order valence-corrected chi connectivity index (χ1v) is 8.60. The number of pyridine rings is 1. The number of amides is 1. The van der Waals surface area contributed by atoms with Gasteiger partial charge in [0.1, 0.15) is 18.5 Å². The van der Waals surface area contributed by atoms with E-state index in [9.17, 15) is 18.0 Å². The van der Waals surface area contributed by atoms with Crippen molar-refractivity contribution in [3.05, 3.63) is 50.5 Å². The fraction of sp³-hybridized carbons (Fsp3) is 0.250. The summed E-state index contributed by atoms with van der Waals surface area (Å²) in [5.41, 5.74) is 1.23. The van der Waals surface area contributed by atoms with E-state index in [0.29, 0.717) is 11.6 Å². The van der Waals surface area contributed by atoms with Gasteiger partial charge < -0.3 is 15.5 Å². The Morgan fingerprint density at radius 2 is 2.04 bits per heavy atom. The maximum absolute atomic E-state index is 14.3. The zero-order valence-corrected chi connectivity index (χ0v) is 16.1. The molecule has 1 aromatic heterocycles. The number of carbonyl (C=O) groups is 1. The van der Waals surface area contributed by atoms with E-state index in [2.05, 4.69) is 15.1 Å². The number of carbonyl (C=O) groups excluding carboxylic acids is 1. The second kappa shape index (κ2) is 9.30. The van der Waals surface area contributed by atoms with Crippen molar-refractivity contribution in [3.8, 4) is 0 Å². The number of hydroxylamine groups is 1. The lowest BCUT2D eigenvalue weighted by molar-refractivity contribution is -0.0295. The van der Waals surface area contributed by atoms with Crippen LogP contribution in [0, 0.1) is 27.9 Å². The zero-order chi connectivity index (χ0) is 20.1. The minimum absolute atomic E-state index is 0.144. The summed E-state index contributed by atoms with van der Waals surface area (Å²) in [4.78, 5) is 20.9. The van der Waals surface area contributed by atoms with E-state index >= 15 is 0 Å². The second-order valence-electron chi connectivity index (χ2n) is 5.43. The molecule has 11 heteroatoms. The van der Waals surface area contributed by atoms with Crippen molar-refractivity contribution in [3.63, 3.8) is 0 Å². The molecule has 7 nitrogen and oxygen atoms in total. The van der Waals surface area contributed by atoms with E-state index < -0.39 is 53.9 Å². The van der Waals surface area contributed by atoms with Crippen LogP contribution in [-0.2, 0) is 4.84 Å².